The highest BCUT2D eigenvalue weighted by Crippen LogP contribution is 2.38. The van der Waals surface area contributed by atoms with Crippen LogP contribution in [0.4, 0.5) is 22.0 Å². The maximum absolute atomic E-state index is 12.6. The van der Waals surface area contributed by atoms with Crippen LogP contribution in [0.15, 0.2) is 6.07 Å². The number of hydrogen-bond acceptors (Lipinski definition) is 3. The Morgan fingerprint density at radius 2 is 2.00 bits per heavy atom. The van der Waals surface area contributed by atoms with Crippen molar-refractivity contribution in [2.45, 2.75) is 19.1 Å². The van der Waals surface area contributed by atoms with Crippen molar-refractivity contribution in [3.05, 3.63) is 28.6 Å². The number of nitrogens with two attached hydrogens (primary N) is 1. The quantitative estimate of drug-likeness (QED) is 0.687. The Morgan fingerprint density at radius 1 is 1.44 bits per heavy atom. The Bertz CT molecular complexity index is 475. The van der Waals surface area contributed by atoms with Gasteiger partial charge in [0, 0.05) is 6.54 Å². The van der Waals surface area contributed by atoms with Gasteiger partial charge in [0.05, 0.1) is 16.8 Å². The Morgan fingerprint density at radius 3 is 2.33 bits per heavy atom. The average Bonchev–Trinajstić information content (AvgIpc) is 2.25. The van der Waals surface area contributed by atoms with E-state index in [1.807, 2.05) is 0 Å². The fraction of sp³-hybridized carbons (Fsp3) is 0.333. The van der Waals surface area contributed by atoms with E-state index in [1.165, 1.54) is 0 Å². The molecule has 0 atom stereocenters. The monoisotopic (exact) mass is 288 g/mol. The molecule has 0 bridgehead atoms. The van der Waals surface area contributed by atoms with E-state index in [0.717, 1.165) is 0 Å². The molecule has 1 aromatic heterocycles. The Labute approximate surface area is 103 Å². The van der Waals surface area contributed by atoms with E-state index in [2.05, 4.69) is 4.98 Å². The molecule has 2 N–H and O–H groups in total. The third-order valence-corrected chi connectivity index (χ3v) is 2.25. The number of halogens is 6. The summed E-state index contributed by atoms with van der Waals surface area (Å²) in [5.74, 6) is 0. The summed E-state index contributed by atoms with van der Waals surface area (Å²) in [6.45, 7) is -0.666. The van der Waals surface area contributed by atoms with E-state index in [1.54, 1.807) is 0 Å². The predicted octanol–water partition coefficient (Wildman–Crippen LogP) is 2.88. The topological polar surface area (TPSA) is 56.0 Å². The minimum Gasteiger partial charge on any atom is -0.325 e. The SMILES string of the molecule is NCc1nc(C(=O)Cl)cc(C(F)(F)F)c1C(F)F. The lowest BCUT2D eigenvalue weighted by molar-refractivity contribution is -0.139. The maximum Gasteiger partial charge on any atom is 0.417 e. The van der Waals surface area contributed by atoms with Crippen molar-refractivity contribution >= 4 is 16.8 Å². The smallest absolute Gasteiger partial charge is 0.325 e. The van der Waals surface area contributed by atoms with E-state index in [0.29, 0.717) is 0 Å². The summed E-state index contributed by atoms with van der Waals surface area (Å²) in [4.78, 5) is 14.1. The molecule has 9 heteroatoms. The molecule has 0 spiro atoms. The molecule has 0 aromatic carbocycles. The summed E-state index contributed by atoms with van der Waals surface area (Å²) >= 11 is 4.99. The zero-order chi connectivity index (χ0) is 14.1. The van der Waals surface area contributed by atoms with Crippen molar-refractivity contribution in [3.8, 4) is 0 Å². The van der Waals surface area contributed by atoms with Crippen LogP contribution in [0.5, 0.6) is 0 Å². The van der Waals surface area contributed by atoms with E-state index in [-0.39, 0.29) is 6.07 Å². The summed E-state index contributed by atoms with van der Waals surface area (Å²) in [7, 11) is 0. The van der Waals surface area contributed by atoms with Crippen molar-refractivity contribution in [2.75, 3.05) is 0 Å². The molecular weight excluding hydrogens is 283 g/mol. The van der Waals surface area contributed by atoms with Crippen molar-refractivity contribution in [1.29, 1.82) is 0 Å². The second kappa shape index (κ2) is 5.15. The molecule has 0 unspecified atom stereocenters. The molecule has 0 saturated heterocycles. The van der Waals surface area contributed by atoms with E-state index < -0.39 is 46.9 Å². The van der Waals surface area contributed by atoms with Crippen LogP contribution in [-0.4, -0.2) is 10.2 Å². The second-order valence-corrected chi connectivity index (χ2v) is 3.53. The molecule has 0 saturated carbocycles. The highest BCUT2D eigenvalue weighted by Gasteiger charge is 2.38. The van der Waals surface area contributed by atoms with Gasteiger partial charge in [0.2, 0.25) is 0 Å². The molecule has 0 fully saturated rings. The van der Waals surface area contributed by atoms with Gasteiger partial charge in [-0.3, -0.25) is 4.79 Å². The number of aromatic nitrogens is 1. The van der Waals surface area contributed by atoms with Gasteiger partial charge in [0.25, 0.3) is 11.7 Å². The molecule has 3 nitrogen and oxygen atoms in total. The Balaban J connectivity index is 3.62. The van der Waals surface area contributed by atoms with Crippen LogP contribution in [0, 0.1) is 0 Å². The van der Waals surface area contributed by atoms with E-state index in [4.69, 9.17) is 17.3 Å². The average molecular weight is 289 g/mol. The Hall–Kier alpha value is -1.28. The van der Waals surface area contributed by atoms with Crippen LogP contribution >= 0.6 is 11.6 Å². The first-order valence-electron chi connectivity index (χ1n) is 4.47. The van der Waals surface area contributed by atoms with Crippen LogP contribution in [0.2, 0.25) is 0 Å². The minimum absolute atomic E-state index is 0.190. The molecule has 0 aliphatic rings. The first kappa shape index (κ1) is 14.8. The lowest BCUT2D eigenvalue weighted by Gasteiger charge is -2.16. The molecule has 1 aromatic rings. The summed E-state index contributed by atoms with van der Waals surface area (Å²) in [6.07, 6.45) is -8.47. The number of pyridine rings is 1. The number of alkyl halides is 5. The number of nitrogens with zero attached hydrogens (tertiary/aromatic N) is 1. The molecule has 18 heavy (non-hydrogen) atoms. The molecule has 0 radical (unpaired) electrons. The van der Waals surface area contributed by atoms with Crippen molar-refractivity contribution < 1.29 is 26.7 Å². The summed E-state index contributed by atoms with van der Waals surface area (Å²) in [6, 6.07) is 0.190. The second-order valence-electron chi connectivity index (χ2n) is 3.19. The molecule has 0 aliphatic carbocycles. The van der Waals surface area contributed by atoms with Crippen LogP contribution in [-0.2, 0) is 12.7 Å². The van der Waals surface area contributed by atoms with E-state index >= 15 is 0 Å². The lowest BCUT2D eigenvalue weighted by Crippen LogP contribution is -2.17. The molecule has 1 rings (SSSR count). The molecular formula is C9H6ClF5N2O. The normalized spacial score (nSPS) is 12.0. The summed E-state index contributed by atoms with van der Waals surface area (Å²) in [5.41, 5.74) is 0.595. The van der Waals surface area contributed by atoms with Gasteiger partial charge in [-0.25, -0.2) is 13.8 Å². The van der Waals surface area contributed by atoms with Gasteiger partial charge in [0.1, 0.15) is 5.69 Å². The van der Waals surface area contributed by atoms with Crippen LogP contribution in [0.25, 0.3) is 0 Å². The largest absolute Gasteiger partial charge is 0.417 e. The molecule has 0 aliphatic heterocycles. The van der Waals surface area contributed by atoms with Gasteiger partial charge in [-0.1, -0.05) is 0 Å². The Kier molecular flexibility index (Phi) is 4.23. The molecule has 100 valence electrons. The zero-order valence-electron chi connectivity index (χ0n) is 8.56. The maximum atomic E-state index is 12.6. The fourth-order valence-electron chi connectivity index (χ4n) is 1.34. The zero-order valence-corrected chi connectivity index (χ0v) is 9.32. The fourth-order valence-corrected chi connectivity index (χ4v) is 1.44. The number of hydrogen-bond donors (Lipinski definition) is 1. The minimum atomic E-state index is -5.06. The summed E-state index contributed by atoms with van der Waals surface area (Å²) in [5, 5.41) is -1.28. The van der Waals surface area contributed by atoms with Gasteiger partial charge < -0.3 is 5.73 Å². The molecule has 0 amide bonds. The standard InChI is InChI=1S/C9H6ClF5N2O/c10-7(18)4-1-3(9(13,14)15)6(8(11)12)5(2-16)17-4/h1,8H,2,16H2. The van der Waals surface area contributed by atoms with Crippen LogP contribution in [0.3, 0.4) is 0 Å². The van der Waals surface area contributed by atoms with Gasteiger partial charge in [0.15, 0.2) is 0 Å². The lowest BCUT2D eigenvalue weighted by atomic mass is 10.0. The highest BCUT2D eigenvalue weighted by molar-refractivity contribution is 6.67. The van der Waals surface area contributed by atoms with Crippen LogP contribution in [0.1, 0.15) is 33.7 Å². The van der Waals surface area contributed by atoms with E-state index in [9.17, 15) is 26.7 Å². The number of carbonyl (C=O) groups excluding carboxylic acids is 1. The van der Waals surface area contributed by atoms with Gasteiger partial charge in [-0.15, -0.1) is 0 Å². The van der Waals surface area contributed by atoms with Gasteiger partial charge in [-0.2, -0.15) is 13.2 Å². The van der Waals surface area contributed by atoms with Crippen molar-refractivity contribution in [1.82, 2.24) is 4.98 Å². The number of rotatable bonds is 3. The van der Waals surface area contributed by atoms with Crippen LogP contribution < -0.4 is 5.73 Å². The predicted molar refractivity (Wildman–Crippen MR) is 52.3 cm³/mol. The highest BCUT2D eigenvalue weighted by atomic mass is 35.5. The van der Waals surface area contributed by atoms with Crippen molar-refractivity contribution in [3.63, 3.8) is 0 Å². The van der Waals surface area contributed by atoms with Gasteiger partial charge in [-0.05, 0) is 17.7 Å². The molecule has 1 heterocycles. The third kappa shape index (κ3) is 2.94. The van der Waals surface area contributed by atoms with Gasteiger partial charge >= 0.3 is 6.18 Å². The third-order valence-electron chi connectivity index (χ3n) is 2.06. The summed E-state index contributed by atoms with van der Waals surface area (Å²) < 4.78 is 63.1. The number of carbonyl (C=O) groups is 1. The first-order valence-corrected chi connectivity index (χ1v) is 4.85. The van der Waals surface area contributed by atoms with Crippen molar-refractivity contribution in [2.24, 2.45) is 5.73 Å². The first-order chi connectivity index (χ1) is 8.18.